The van der Waals surface area contributed by atoms with Crippen LogP contribution in [0.2, 0.25) is 0 Å². The van der Waals surface area contributed by atoms with Crippen LogP contribution in [0, 0.1) is 17.1 Å². The summed E-state index contributed by atoms with van der Waals surface area (Å²) >= 11 is 0. The van der Waals surface area contributed by atoms with E-state index in [1.54, 1.807) is 0 Å². The topological polar surface area (TPSA) is 40.7 Å². The Bertz CT molecular complexity index is 549. The van der Waals surface area contributed by atoms with E-state index in [2.05, 4.69) is 53.1 Å². The second-order valence-electron chi connectivity index (χ2n) is 5.63. The molecule has 2 fully saturated rings. The Hall–Kier alpha value is -1.18. The van der Waals surface area contributed by atoms with Crippen LogP contribution in [0.15, 0.2) is 18.3 Å². The average Bonchev–Trinajstić information content (AvgIpc) is 2.84. The number of rotatable bonds is 2. The Balaban J connectivity index is 1.65. The van der Waals surface area contributed by atoms with E-state index in [9.17, 15) is 0 Å². The SMILES string of the molecule is C=C1[C@H]2N[C@H](c3ncc(C#C[S+](C)C(C)C)[nH]3)C[C@@H]12. The zero-order valence-electron chi connectivity index (χ0n) is 11.7. The van der Waals surface area contributed by atoms with Crippen molar-refractivity contribution in [1.29, 1.82) is 0 Å². The van der Waals surface area contributed by atoms with Crippen LogP contribution in [0.4, 0.5) is 0 Å². The van der Waals surface area contributed by atoms with Crippen LogP contribution in [0.1, 0.15) is 37.8 Å². The normalized spacial score (nSPS) is 29.9. The number of aromatic nitrogens is 2. The van der Waals surface area contributed by atoms with Gasteiger partial charge in [-0.1, -0.05) is 12.2 Å². The molecule has 1 unspecified atom stereocenters. The highest BCUT2D eigenvalue weighted by Crippen LogP contribution is 2.49. The maximum absolute atomic E-state index is 4.45. The maximum Gasteiger partial charge on any atom is 0.159 e. The minimum Gasteiger partial charge on any atom is -0.334 e. The van der Waals surface area contributed by atoms with Gasteiger partial charge in [0.05, 0.1) is 23.1 Å². The van der Waals surface area contributed by atoms with Crippen LogP contribution in [0.25, 0.3) is 0 Å². The molecule has 2 N–H and O–H groups in total. The highest BCUT2D eigenvalue weighted by molar-refractivity contribution is 8.01. The second kappa shape index (κ2) is 4.73. The Morgan fingerprint density at radius 2 is 2.32 bits per heavy atom. The van der Waals surface area contributed by atoms with E-state index >= 15 is 0 Å². The molecule has 4 atom stereocenters. The Morgan fingerprint density at radius 3 is 2.95 bits per heavy atom. The van der Waals surface area contributed by atoms with Crippen LogP contribution in [-0.4, -0.2) is 27.5 Å². The van der Waals surface area contributed by atoms with Gasteiger partial charge in [-0.3, -0.25) is 0 Å². The standard InChI is InChI=1S/C15H20N3S/c1-9(2)19(4)6-5-11-8-16-15(17-11)13-7-12-10(3)14(12)18-13/h8-9,12-14,18H,3,7H2,1-2,4H3,(H,16,17)/q+1/t12-,13-,14+,19?/m0/s1. The molecule has 0 radical (unpaired) electrons. The van der Waals surface area contributed by atoms with Crippen molar-refractivity contribution in [3.8, 4) is 11.2 Å². The third-order valence-electron chi connectivity index (χ3n) is 4.02. The van der Waals surface area contributed by atoms with Crippen molar-refractivity contribution in [3.05, 3.63) is 29.9 Å². The summed E-state index contributed by atoms with van der Waals surface area (Å²) < 4.78 is 0. The fraction of sp³-hybridized carbons (Fsp3) is 0.533. The van der Waals surface area contributed by atoms with E-state index in [4.69, 9.17) is 0 Å². The minimum atomic E-state index is 0.146. The number of piperidine rings is 1. The molecule has 1 aliphatic carbocycles. The lowest BCUT2D eigenvalue weighted by Gasteiger charge is -2.09. The molecule has 3 rings (SSSR count). The van der Waals surface area contributed by atoms with Gasteiger partial charge in [-0.05, 0) is 20.3 Å². The van der Waals surface area contributed by atoms with E-state index in [0.717, 1.165) is 17.9 Å². The number of imidazole rings is 1. The van der Waals surface area contributed by atoms with Crippen molar-refractivity contribution >= 4 is 10.9 Å². The van der Waals surface area contributed by atoms with Crippen LogP contribution < -0.4 is 5.32 Å². The summed E-state index contributed by atoms with van der Waals surface area (Å²) in [6.07, 6.45) is 5.15. The number of nitrogens with one attached hydrogen (secondary N) is 2. The summed E-state index contributed by atoms with van der Waals surface area (Å²) in [7, 11) is 0.146. The second-order valence-corrected chi connectivity index (χ2v) is 7.89. The van der Waals surface area contributed by atoms with Gasteiger partial charge in [-0.25, -0.2) is 4.98 Å². The molecule has 3 nitrogen and oxygen atoms in total. The highest BCUT2D eigenvalue weighted by Gasteiger charge is 2.50. The maximum atomic E-state index is 4.45. The highest BCUT2D eigenvalue weighted by atomic mass is 32.2. The minimum absolute atomic E-state index is 0.146. The summed E-state index contributed by atoms with van der Waals surface area (Å²) in [5, 5.41) is 7.46. The number of hydrogen-bond acceptors (Lipinski definition) is 2. The molecule has 19 heavy (non-hydrogen) atoms. The van der Waals surface area contributed by atoms with Crippen LogP contribution in [-0.2, 0) is 10.9 Å². The largest absolute Gasteiger partial charge is 0.334 e. The molecule has 1 aromatic heterocycles. The third kappa shape index (κ3) is 2.45. The molecule has 0 spiro atoms. The molecule has 1 saturated carbocycles. The molecule has 1 aromatic rings. The predicted octanol–water partition coefficient (Wildman–Crippen LogP) is 1.96. The van der Waals surface area contributed by atoms with E-state index in [-0.39, 0.29) is 10.9 Å². The smallest absolute Gasteiger partial charge is 0.159 e. The molecule has 100 valence electrons. The zero-order valence-corrected chi connectivity index (χ0v) is 12.5. The molecule has 2 aliphatic rings. The lowest BCUT2D eigenvalue weighted by atomic mass is 10.1. The first-order chi connectivity index (χ1) is 9.06. The van der Waals surface area contributed by atoms with Crippen molar-refractivity contribution in [3.63, 3.8) is 0 Å². The van der Waals surface area contributed by atoms with Gasteiger partial charge >= 0.3 is 0 Å². The summed E-state index contributed by atoms with van der Waals surface area (Å²) in [6, 6.07) is 0.883. The summed E-state index contributed by atoms with van der Waals surface area (Å²) in [5.41, 5.74) is 2.28. The van der Waals surface area contributed by atoms with Crippen molar-refractivity contribution in [1.82, 2.24) is 15.3 Å². The molecule has 2 heterocycles. The number of H-pyrrole nitrogens is 1. The van der Waals surface area contributed by atoms with Gasteiger partial charge in [0, 0.05) is 17.9 Å². The summed E-state index contributed by atoms with van der Waals surface area (Å²) in [4.78, 5) is 7.79. The van der Waals surface area contributed by atoms with E-state index in [0.29, 0.717) is 23.3 Å². The Morgan fingerprint density at radius 1 is 1.53 bits per heavy atom. The van der Waals surface area contributed by atoms with E-state index in [1.807, 2.05) is 6.20 Å². The van der Waals surface area contributed by atoms with Gasteiger partial charge < -0.3 is 10.3 Å². The predicted molar refractivity (Wildman–Crippen MR) is 80.8 cm³/mol. The lowest BCUT2D eigenvalue weighted by molar-refractivity contribution is 0.569. The van der Waals surface area contributed by atoms with Crippen molar-refractivity contribution < 1.29 is 0 Å². The Labute approximate surface area is 117 Å². The molecular weight excluding hydrogens is 254 g/mol. The van der Waals surface area contributed by atoms with E-state index < -0.39 is 0 Å². The van der Waals surface area contributed by atoms with Gasteiger partial charge in [-0.2, -0.15) is 0 Å². The monoisotopic (exact) mass is 274 g/mol. The number of hydrogen-bond donors (Lipinski definition) is 2. The van der Waals surface area contributed by atoms with Gasteiger partial charge in [0.25, 0.3) is 0 Å². The first-order valence-corrected chi connectivity index (χ1v) is 8.42. The number of nitrogens with zero attached hydrogens (tertiary/aromatic N) is 1. The van der Waals surface area contributed by atoms with Crippen LogP contribution >= 0.6 is 0 Å². The van der Waals surface area contributed by atoms with Crippen molar-refractivity contribution in [2.45, 2.75) is 37.6 Å². The van der Waals surface area contributed by atoms with Gasteiger partial charge in [0.15, 0.2) is 5.25 Å². The third-order valence-corrected chi connectivity index (χ3v) is 5.86. The zero-order chi connectivity index (χ0) is 13.6. The fourth-order valence-electron chi connectivity index (χ4n) is 2.45. The molecule has 0 amide bonds. The Kier molecular flexibility index (Phi) is 3.20. The molecular formula is C15H20N3S+. The lowest BCUT2D eigenvalue weighted by Crippen LogP contribution is -2.19. The fourth-order valence-corrected chi connectivity index (χ4v) is 2.95. The molecule has 1 saturated heterocycles. The summed E-state index contributed by atoms with van der Waals surface area (Å²) in [5.74, 6) is 4.89. The van der Waals surface area contributed by atoms with Crippen LogP contribution in [0.5, 0.6) is 0 Å². The van der Waals surface area contributed by atoms with E-state index in [1.165, 1.54) is 5.57 Å². The van der Waals surface area contributed by atoms with Gasteiger partial charge in [0.1, 0.15) is 23.0 Å². The van der Waals surface area contributed by atoms with Crippen LogP contribution in [0.3, 0.4) is 0 Å². The van der Waals surface area contributed by atoms with Gasteiger partial charge in [0.2, 0.25) is 0 Å². The number of fused-ring (bicyclic) bond motifs is 1. The molecule has 0 bridgehead atoms. The van der Waals surface area contributed by atoms with Gasteiger partial charge in [-0.15, -0.1) is 0 Å². The number of aromatic amines is 1. The summed E-state index contributed by atoms with van der Waals surface area (Å²) in [6.45, 7) is 8.45. The average molecular weight is 274 g/mol. The van der Waals surface area contributed by atoms with Crippen molar-refractivity contribution in [2.75, 3.05) is 6.26 Å². The molecule has 0 aromatic carbocycles. The first-order valence-electron chi connectivity index (χ1n) is 6.72. The molecule has 1 aliphatic heterocycles. The van der Waals surface area contributed by atoms with Crippen molar-refractivity contribution in [2.24, 2.45) is 5.92 Å². The molecule has 4 heteroatoms. The first kappa shape index (κ1) is 12.8. The quantitative estimate of drug-likeness (QED) is 0.492.